The fraction of sp³-hybridized carbons (Fsp3) is 0.520. The van der Waals surface area contributed by atoms with E-state index < -0.39 is 80.1 Å². The van der Waals surface area contributed by atoms with Crippen LogP contribution in [0.2, 0.25) is 0 Å². The van der Waals surface area contributed by atoms with Crippen molar-refractivity contribution >= 4 is 0 Å². The van der Waals surface area contributed by atoms with Gasteiger partial charge in [-0.15, -0.1) is 0 Å². The van der Waals surface area contributed by atoms with Crippen LogP contribution in [0.3, 0.4) is 0 Å². The van der Waals surface area contributed by atoms with Crippen LogP contribution in [0.1, 0.15) is 28.9 Å². The van der Waals surface area contributed by atoms with Gasteiger partial charge in [-0.2, -0.15) is 0 Å². The summed E-state index contributed by atoms with van der Waals surface area (Å²) in [6, 6.07) is 8.96. The molecule has 2 aliphatic rings. The van der Waals surface area contributed by atoms with Crippen LogP contribution in [0.5, 0.6) is 0 Å². The Kier molecular flexibility index (Phi) is 8.07. The van der Waals surface area contributed by atoms with Crippen molar-refractivity contribution in [2.24, 2.45) is 0 Å². The number of halogens is 1. The first-order valence-electron chi connectivity index (χ1n) is 11.6. The number of aliphatic hydroxyl groups excluding tert-OH is 8. The molecule has 0 amide bonds. The van der Waals surface area contributed by atoms with Crippen molar-refractivity contribution in [2.75, 3.05) is 13.2 Å². The molecule has 0 spiro atoms. The van der Waals surface area contributed by atoms with Gasteiger partial charge in [0.15, 0.2) is 0 Å². The minimum atomic E-state index is -1.58. The highest BCUT2D eigenvalue weighted by atomic mass is 19.1. The van der Waals surface area contributed by atoms with Gasteiger partial charge in [-0.1, -0.05) is 30.3 Å². The average Bonchev–Trinajstić information content (AvgIpc) is 2.86. The van der Waals surface area contributed by atoms with Crippen molar-refractivity contribution in [3.8, 4) is 11.1 Å². The Balaban J connectivity index is 1.59. The molecule has 0 aliphatic carbocycles. The number of benzene rings is 2. The van der Waals surface area contributed by atoms with Crippen molar-refractivity contribution in [1.29, 1.82) is 0 Å². The topological polar surface area (TPSA) is 180 Å². The van der Waals surface area contributed by atoms with Gasteiger partial charge in [0.1, 0.15) is 66.9 Å². The summed E-state index contributed by atoms with van der Waals surface area (Å²) in [5.74, 6) is -0.649. The van der Waals surface area contributed by atoms with Crippen LogP contribution in [0, 0.1) is 12.7 Å². The third-order valence-electron chi connectivity index (χ3n) is 6.99. The van der Waals surface area contributed by atoms with Gasteiger partial charge in [0.25, 0.3) is 0 Å². The molecule has 11 heteroatoms. The fourth-order valence-corrected chi connectivity index (χ4v) is 4.84. The van der Waals surface area contributed by atoms with Gasteiger partial charge in [0.2, 0.25) is 0 Å². The van der Waals surface area contributed by atoms with Crippen LogP contribution < -0.4 is 0 Å². The Bertz CT molecular complexity index is 1060. The number of rotatable bonds is 5. The summed E-state index contributed by atoms with van der Waals surface area (Å²) in [5, 5.41) is 79.6. The van der Waals surface area contributed by atoms with Crippen molar-refractivity contribution in [1.82, 2.24) is 0 Å². The monoisotopic (exact) mass is 510 g/mol. The first-order valence-corrected chi connectivity index (χ1v) is 11.6. The molecule has 0 radical (unpaired) electrons. The lowest BCUT2D eigenvalue weighted by Crippen LogP contribution is -2.55. The predicted octanol–water partition coefficient (Wildman–Crippen LogP) is -1.17. The summed E-state index contributed by atoms with van der Waals surface area (Å²) in [4.78, 5) is 0. The second-order valence-corrected chi connectivity index (χ2v) is 9.31. The molecule has 0 saturated carbocycles. The van der Waals surface area contributed by atoms with Gasteiger partial charge in [-0.05, 0) is 35.2 Å². The zero-order valence-corrected chi connectivity index (χ0v) is 19.4. The quantitative estimate of drug-likeness (QED) is 0.244. The summed E-state index contributed by atoms with van der Waals surface area (Å²) in [5.41, 5.74) is 2.01. The normalized spacial score (nSPS) is 37.2. The Hall–Kier alpha value is -2.03. The van der Waals surface area contributed by atoms with Gasteiger partial charge in [0.05, 0.1) is 13.2 Å². The molecule has 36 heavy (non-hydrogen) atoms. The number of hydrogen-bond acceptors (Lipinski definition) is 10. The maximum Gasteiger partial charge on any atom is 0.131 e. The molecule has 2 heterocycles. The van der Waals surface area contributed by atoms with Crippen LogP contribution in [0.25, 0.3) is 11.1 Å². The Morgan fingerprint density at radius 1 is 0.694 bits per heavy atom. The third kappa shape index (κ3) is 4.79. The van der Waals surface area contributed by atoms with E-state index in [0.717, 1.165) is 6.07 Å². The van der Waals surface area contributed by atoms with Gasteiger partial charge in [-0.25, -0.2) is 4.39 Å². The maximum atomic E-state index is 15.2. The molecule has 2 aliphatic heterocycles. The van der Waals surface area contributed by atoms with Crippen molar-refractivity contribution in [2.45, 2.75) is 68.0 Å². The molecule has 0 bridgehead atoms. The molecule has 4 rings (SSSR count). The number of aliphatic hydroxyl groups is 8. The molecular formula is C25H31FO10. The van der Waals surface area contributed by atoms with Gasteiger partial charge in [0, 0.05) is 5.56 Å². The average molecular weight is 511 g/mol. The molecule has 2 saturated heterocycles. The number of aryl methyl sites for hydroxylation is 1. The molecule has 10 unspecified atom stereocenters. The van der Waals surface area contributed by atoms with E-state index in [1.54, 1.807) is 25.1 Å². The lowest BCUT2D eigenvalue weighted by atomic mass is 9.87. The first kappa shape index (κ1) is 27.0. The van der Waals surface area contributed by atoms with Crippen molar-refractivity contribution in [3.05, 3.63) is 58.9 Å². The van der Waals surface area contributed by atoms with E-state index >= 15 is 4.39 Å². The third-order valence-corrected chi connectivity index (χ3v) is 6.99. The van der Waals surface area contributed by atoms with Crippen LogP contribution in [0.4, 0.5) is 4.39 Å². The van der Waals surface area contributed by atoms with Crippen LogP contribution in [-0.4, -0.2) is 103 Å². The molecule has 10 nitrogen and oxygen atoms in total. The Morgan fingerprint density at radius 3 is 1.78 bits per heavy atom. The van der Waals surface area contributed by atoms with Crippen LogP contribution in [-0.2, 0) is 9.47 Å². The second-order valence-electron chi connectivity index (χ2n) is 9.31. The standard InChI is InChI=1S/C25H31FO10/c1-10-6-11(2-4-13(10)25-23(34)21(32)19(30)17(9-28)36-25)14-5-3-12(7-15(14)26)24-22(33)20(31)18(29)16(8-27)35-24/h2-7,16-25,27-34H,8-9H2,1H3. The summed E-state index contributed by atoms with van der Waals surface area (Å²) in [7, 11) is 0. The minimum absolute atomic E-state index is 0.211. The van der Waals surface area contributed by atoms with Crippen molar-refractivity contribution in [3.63, 3.8) is 0 Å². The van der Waals surface area contributed by atoms with Crippen LogP contribution >= 0.6 is 0 Å². The number of hydrogen-bond donors (Lipinski definition) is 8. The van der Waals surface area contributed by atoms with E-state index in [9.17, 15) is 40.9 Å². The molecular weight excluding hydrogens is 479 g/mol. The molecule has 2 aromatic carbocycles. The summed E-state index contributed by atoms with van der Waals surface area (Å²) >= 11 is 0. The molecule has 0 aromatic heterocycles. The van der Waals surface area contributed by atoms with Gasteiger partial charge >= 0.3 is 0 Å². The Labute approximate surface area is 206 Å². The molecule has 198 valence electrons. The lowest BCUT2D eigenvalue weighted by Gasteiger charge is -2.40. The molecule has 10 atom stereocenters. The zero-order chi connectivity index (χ0) is 26.3. The second kappa shape index (κ2) is 10.8. The van der Waals surface area contributed by atoms with Crippen molar-refractivity contribution < 1.29 is 54.7 Å². The maximum absolute atomic E-state index is 15.2. The van der Waals surface area contributed by atoms with E-state index in [2.05, 4.69) is 0 Å². The highest BCUT2D eigenvalue weighted by Gasteiger charge is 2.45. The van der Waals surface area contributed by atoms with Crippen LogP contribution in [0.15, 0.2) is 36.4 Å². The molecule has 2 aromatic rings. The summed E-state index contributed by atoms with van der Waals surface area (Å²) in [6.45, 7) is 0.563. The van der Waals surface area contributed by atoms with E-state index in [4.69, 9.17) is 9.47 Å². The van der Waals surface area contributed by atoms with E-state index in [1.807, 2.05) is 0 Å². The van der Waals surface area contributed by atoms with Gasteiger partial charge in [-0.3, -0.25) is 0 Å². The summed E-state index contributed by atoms with van der Waals surface area (Å²) < 4.78 is 26.3. The van der Waals surface area contributed by atoms with E-state index in [1.165, 1.54) is 12.1 Å². The Morgan fingerprint density at radius 2 is 1.25 bits per heavy atom. The highest BCUT2D eigenvalue weighted by Crippen LogP contribution is 2.37. The smallest absolute Gasteiger partial charge is 0.131 e. The number of ether oxygens (including phenoxy) is 2. The predicted molar refractivity (Wildman–Crippen MR) is 122 cm³/mol. The minimum Gasteiger partial charge on any atom is -0.394 e. The van der Waals surface area contributed by atoms with E-state index in [-0.39, 0.29) is 11.1 Å². The van der Waals surface area contributed by atoms with E-state index in [0.29, 0.717) is 16.7 Å². The zero-order valence-electron chi connectivity index (χ0n) is 19.4. The van der Waals surface area contributed by atoms with Gasteiger partial charge < -0.3 is 50.3 Å². The lowest BCUT2D eigenvalue weighted by molar-refractivity contribution is -0.231. The first-order chi connectivity index (χ1) is 17.1. The highest BCUT2D eigenvalue weighted by molar-refractivity contribution is 5.66. The fourth-order valence-electron chi connectivity index (χ4n) is 4.84. The summed E-state index contributed by atoms with van der Waals surface area (Å²) in [6.07, 6.45) is -13.4. The largest absolute Gasteiger partial charge is 0.394 e. The SMILES string of the molecule is Cc1cc(-c2ccc(C3OC(CO)C(O)C(O)C3O)cc2F)ccc1C1OC(CO)C(O)C(O)C1O. The molecule has 8 N–H and O–H groups in total. The molecule has 2 fully saturated rings.